The molecule has 0 saturated heterocycles. The predicted octanol–water partition coefficient (Wildman–Crippen LogP) is 1.95. The molecular formula is C18H19N3O5. The van der Waals surface area contributed by atoms with Gasteiger partial charge in [-0.2, -0.15) is 0 Å². The van der Waals surface area contributed by atoms with Crippen LogP contribution in [0.2, 0.25) is 0 Å². The number of non-ortho nitro benzene ring substituents is 1. The highest BCUT2D eigenvalue weighted by molar-refractivity contribution is 5.88. The zero-order valence-electron chi connectivity index (χ0n) is 14.1. The van der Waals surface area contributed by atoms with Gasteiger partial charge in [0.2, 0.25) is 11.8 Å². The molecule has 0 radical (unpaired) electrons. The van der Waals surface area contributed by atoms with Gasteiger partial charge in [0.1, 0.15) is 0 Å². The van der Waals surface area contributed by atoms with E-state index in [0.717, 1.165) is 5.56 Å². The predicted molar refractivity (Wildman–Crippen MR) is 95.5 cm³/mol. The number of nitrogens with zero attached hydrogens (tertiary/aromatic N) is 1. The first-order valence-corrected chi connectivity index (χ1v) is 7.91. The molecule has 2 aromatic rings. The summed E-state index contributed by atoms with van der Waals surface area (Å²) < 4.78 is 0. The van der Waals surface area contributed by atoms with E-state index in [1.165, 1.54) is 31.2 Å². The van der Waals surface area contributed by atoms with Crippen molar-refractivity contribution in [3.05, 3.63) is 69.8 Å². The zero-order chi connectivity index (χ0) is 19.1. The first-order valence-electron chi connectivity index (χ1n) is 7.91. The minimum atomic E-state index is -0.957. The van der Waals surface area contributed by atoms with Crippen molar-refractivity contribution >= 4 is 23.2 Å². The van der Waals surface area contributed by atoms with Crippen molar-refractivity contribution in [2.45, 2.75) is 19.4 Å². The van der Waals surface area contributed by atoms with Crippen LogP contribution in [-0.2, 0) is 16.0 Å². The summed E-state index contributed by atoms with van der Waals surface area (Å²) in [6, 6.07) is 12.4. The molecule has 26 heavy (non-hydrogen) atoms. The van der Waals surface area contributed by atoms with Crippen LogP contribution in [0.4, 0.5) is 11.4 Å². The van der Waals surface area contributed by atoms with Crippen LogP contribution in [0.15, 0.2) is 48.5 Å². The SMILES string of the molecule is CC(=O)Nc1ccc(CC(=O)NC[C@H](O)c2ccc([N+](=O)[O-])cc2)cc1. The van der Waals surface area contributed by atoms with Crippen LogP contribution in [0.25, 0.3) is 0 Å². The fourth-order valence-electron chi connectivity index (χ4n) is 2.30. The molecule has 0 spiro atoms. The zero-order valence-corrected chi connectivity index (χ0v) is 14.1. The van der Waals surface area contributed by atoms with E-state index in [0.29, 0.717) is 11.3 Å². The maximum Gasteiger partial charge on any atom is 0.269 e. The number of nitro benzene ring substituents is 1. The summed E-state index contributed by atoms with van der Waals surface area (Å²) >= 11 is 0. The van der Waals surface area contributed by atoms with Gasteiger partial charge < -0.3 is 15.7 Å². The normalized spacial score (nSPS) is 11.5. The van der Waals surface area contributed by atoms with Gasteiger partial charge >= 0.3 is 0 Å². The van der Waals surface area contributed by atoms with E-state index in [9.17, 15) is 24.8 Å². The molecule has 2 rings (SSSR count). The Balaban J connectivity index is 1.84. The van der Waals surface area contributed by atoms with E-state index in [2.05, 4.69) is 10.6 Å². The van der Waals surface area contributed by atoms with E-state index >= 15 is 0 Å². The Morgan fingerprint density at radius 3 is 2.27 bits per heavy atom. The van der Waals surface area contributed by atoms with Crippen molar-refractivity contribution < 1.29 is 19.6 Å². The number of nitro groups is 1. The Kier molecular flexibility index (Phi) is 6.40. The lowest BCUT2D eigenvalue weighted by Gasteiger charge is -2.12. The van der Waals surface area contributed by atoms with Crippen molar-refractivity contribution in [3.8, 4) is 0 Å². The van der Waals surface area contributed by atoms with E-state index < -0.39 is 11.0 Å². The molecule has 0 aliphatic carbocycles. The molecule has 0 aromatic heterocycles. The van der Waals surface area contributed by atoms with Crippen molar-refractivity contribution in [3.63, 3.8) is 0 Å². The molecule has 136 valence electrons. The lowest BCUT2D eigenvalue weighted by atomic mass is 10.1. The molecule has 0 saturated carbocycles. The highest BCUT2D eigenvalue weighted by Gasteiger charge is 2.12. The Hall–Kier alpha value is -3.26. The minimum absolute atomic E-state index is 0.000615. The summed E-state index contributed by atoms with van der Waals surface area (Å²) in [6.07, 6.45) is -0.824. The van der Waals surface area contributed by atoms with E-state index in [1.807, 2.05) is 0 Å². The Morgan fingerprint density at radius 1 is 1.12 bits per heavy atom. The fraction of sp³-hybridized carbons (Fsp3) is 0.222. The molecule has 1 atom stereocenters. The molecule has 8 heteroatoms. The van der Waals surface area contributed by atoms with E-state index in [-0.39, 0.29) is 30.5 Å². The first kappa shape index (κ1) is 19.1. The van der Waals surface area contributed by atoms with Crippen LogP contribution < -0.4 is 10.6 Å². The van der Waals surface area contributed by atoms with Crippen LogP contribution >= 0.6 is 0 Å². The second kappa shape index (κ2) is 8.72. The van der Waals surface area contributed by atoms with E-state index in [1.54, 1.807) is 24.3 Å². The van der Waals surface area contributed by atoms with Crippen molar-refractivity contribution in [1.82, 2.24) is 5.32 Å². The van der Waals surface area contributed by atoms with Gasteiger partial charge in [-0.25, -0.2) is 0 Å². The average Bonchev–Trinajstić information content (AvgIpc) is 2.61. The molecule has 3 N–H and O–H groups in total. The van der Waals surface area contributed by atoms with Gasteiger partial charge in [0.15, 0.2) is 0 Å². The number of amides is 2. The molecular weight excluding hydrogens is 338 g/mol. The second-order valence-electron chi connectivity index (χ2n) is 5.72. The summed E-state index contributed by atoms with van der Waals surface area (Å²) in [6.45, 7) is 1.41. The summed E-state index contributed by atoms with van der Waals surface area (Å²) in [7, 11) is 0. The third kappa shape index (κ3) is 5.67. The number of aliphatic hydroxyl groups excluding tert-OH is 1. The van der Waals surface area contributed by atoms with Crippen LogP contribution in [0.5, 0.6) is 0 Å². The van der Waals surface area contributed by atoms with Crippen molar-refractivity contribution in [2.24, 2.45) is 0 Å². The molecule has 0 aliphatic heterocycles. The number of anilines is 1. The van der Waals surface area contributed by atoms with Crippen molar-refractivity contribution in [1.29, 1.82) is 0 Å². The number of hydrogen-bond acceptors (Lipinski definition) is 5. The van der Waals surface area contributed by atoms with Gasteiger partial charge in [-0.05, 0) is 35.4 Å². The molecule has 2 amide bonds. The number of hydrogen-bond donors (Lipinski definition) is 3. The maximum absolute atomic E-state index is 12.0. The molecule has 0 heterocycles. The fourth-order valence-corrected chi connectivity index (χ4v) is 2.30. The number of carbonyl (C=O) groups excluding carboxylic acids is 2. The minimum Gasteiger partial charge on any atom is -0.387 e. The number of carbonyl (C=O) groups is 2. The summed E-state index contributed by atoms with van der Waals surface area (Å²) in [5, 5.41) is 25.9. The van der Waals surface area contributed by atoms with Gasteiger partial charge in [0.05, 0.1) is 17.4 Å². The first-order chi connectivity index (χ1) is 12.3. The monoisotopic (exact) mass is 357 g/mol. The van der Waals surface area contributed by atoms with Crippen LogP contribution in [0.1, 0.15) is 24.2 Å². The molecule has 0 bridgehead atoms. The second-order valence-corrected chi connectivity index (χ2v) is 5.72. The standard InChI is InChI=1S/C18H19N3O5/c1-12(22)20-15-6-2-13(3-7-15)10-18(24)19-11-17(23)14-4-8-16(9-5-14)21(25)26/h2-9,17,23H,10-11H2,1H3,(H,19,24)(H,20,22)/t17-/m0/s1. The Labute approximate surface area is 150 Å². The number of benzene rings is 2. The topological polar surface area (TPSA) is 122 Å². The van der Waals surface area contributed by atoms with Gasteiger partial charge in [-0.3, -0.25) is 19.7 Å². The highest BCUT2D eigenvalue weighted by Crippen LogP contribution is 2.17. The quantitative estimate of drug-likeness (QED) is 0.516. The largest absolute Gasteiger partial charge is 0.387 e. The van der Waals surface area contributed by atoms with E-state index in [4.69, 9.17) is 0 Å². The lowest BCUT2D eigenvalue weighted by molar-refractivity contribution is -0.384. The third-order valence-corrected chi connectivity index (χ3v) is 3.62. The van der Waals surface area contributed by atoms with Gasteiger partial charge in [-0.1, -0.05) is 12.1 Å². The number of rotatable bonds is 7. The number of nitrogens with one attached hydrogen (secondary N) is 2. The molecule has 0 fully saturated rings. The highest BCUT2D eigenvalue weighted by atomic mass is 16.6. The third-order valence-electron chi connectivity index (χ3n) is 3.62. The van der Waals surface area contributed by atoms with Crippen LogP contribution in [0.3, 0.4) is 0 Å². The Bertz CT molecular complexity index is 787. The van der Waals surface area contributed by atoms with Gasteiger partial charge in [-0.15, -0.1) is 0 Å². The van der Waals surface area contributed by atoms with Crippen LogP contribution in [-0.4, -0.2) is 28.4 Å². The number of aliphatic hydroxyl groups is 1. The Morgan fingerprint density at radius 2 is 1.73 bits per heavy atom. The molecule has 0 unspecified atom stereocenters. The average molecular weight is 357 g/mol. The smallest absolute Gasteiger partial charge is 0.269 e. The maximum atomic E-state index is 12.0. The van der Waals surface area contributed by atoms with Crippen molar-refractivity contribution in [2.75, 3.05) is 11.9 Å². The molecule has 2 aromatic carbocycles. The summed E-state index contributed by atoms with van der Waals surface area (Å²) in [4.78, 5) is 33.0. The summed E-state index contributed by atoms with van der Waals surface area (Å²) in [5.74, 6) is -0.436. The van der Waals surface area contributed by atoms with Gasteiger partial charge in [0, 0.05) is 31.3 Å². The molecule has 8 nitrogen and oxygen atoms in total. The van der Waals surface area contributed by atoms with Gasteiger partial charge in [0.25, 0.3) is 5.69 Å². The summed E-state index contributed by atoms with van der Waals surface area (Å²) in [5.41, 5.74) is 1.83. The van der Waals surface area contributed by atoms with Crippen LogP contribution in [0, 0.1) is 10.1 Å². The lowest BCUT2D eigenvalue weighted by Crippen LogP contribution is -2.29. The molecule has 0 aliphatic rings.